The van der Waals surface area contributed by atoms with Crippen molar-refractivity contribution in [3.63, 3.8) is 0 Å². The molecule has 0 atom stereocenters. The summed E-state index contributed by atoms with van der Waals surface area (Å²) >= 11 is 0. The van der Waals surface area contributed by atoms with Gasteiger partial charge in [0.1, 0.15) is 5.69 Å². The van der Waals surface area contributed by atoms with Gasteiger partial charge in [-0.2, -0.15) is 5.10 Å². The van der Waals surface area contributed by atoms with E-state index in [2.05, 4.69) is 5.10 Å². The first kappa shape index (κ1) is 12.1. The topological polar surface area (TPSA) is 64.2 Å². The fourth-order valence-corrected chi connectivity index (χ4v) is 2.09. The highest BCUT2D eigenvalue weighted by atomic mass is 16.2. The number of nitrogens with zero attached hydrogens (tertiary/aromatic N) is 3. The lowest BCUT2D eigenvalue weighted by molar-refractivity contribution is 0.0571. The third-order valence-corrected chi connectivity index (χ3v) is 3.31. The minimum atomic E-state index is 0.0451. The Morgan fingerprint density at radius 3 is 2.88 bits per heavy atom. The van der Waals surface area contributed by atoms with Gasteiger partial charge in [0.15, 0.2) is 0 Å². The zero-order valence-electron chi connectivity index (χ0n) is 10.3. The summed E-state index contributed by atoms with van der Waals surface area (Å²) < 4.78 is 1.66. The number of carbonyl (C=O) groups excluding carboxylic acids is 1. The van der Waals surface area contributed by atoms with Crippen molar-refractivity contribution in [1.82, 2.24) is 14.7 Å². The van der Waals surface area contributed by atoms with Gasteiger partial charge in [0.2, 0.25) is 0 Å². The Labute approximate surface area is 102 Å². The molecule has 5 nitrogen and oxygen atoms in total. The second-order valence-corrected chi connectivity index (χ2v) is 4.60. The van der Waals surface area contributed by atoms with Gasteiger partial charge in [-0.1, -0.05) is 0 Å². The second-order valence-electron chi connectivity index (χ2n) is 4.60. The fourth-order valence-electron chi connectivity index (χ4n) is 2.09. The standard InChI is InChI=1S/C12H20N4O/c1-15-9-6-11(14-15)12(17)16(8-3-7-13)10-4-2-5-10/h6,9-10H,2-5,7-8,13H2,1H3. The summed E-state index contributed by atoms with van der Waals surface area (Å²) in [6.45, 7) is 1.37. The molecule has 0 saturated heterocycles. The number of carbonyl (C=O) groups is 1. The molecule has 0 aromatic carbocycles. The Bertz CT molecular complexity index is 384. The zero-order chi connectivity index (χ0) is 12.3. The number of aromatic nitrogens is 2. The summed E-state index contributed by atoms with van der Waals surface area (Å²) in [4.78, 5) is 14.3. The van der Waals surface area contributed by atoms with Gasteiger partial charge >= 0.3 is 0 Å². The second kappa shape index (κ2) is 5.31. The lowest BCUT2D eigenvalue weighted by atomic mass is 9.91. The van der Waals surface area contributed by atoms with Crippen molar-refractivity contribution < 1.29 is 4.79 Å². The van der Waals surface area contributed by atoms with Crippen LogP contribution in [0.2, 0.25) is 0 Å². The SMILES string of the molecule is Cn1ccc(C(=O)N(CCCN)C2CCC2)n1. The van der Waals surface area contributed by atoms with E-state index < -0.39 is 0 Å². The Morgan fingerprint density at radius 2 is 2.41 bits per heavy atom. The molecule has 0 spiro atoms. The minimum absolute atomic E-state index is 0.0451. The summed E-state index contributed by atoms with van der Waals surface area (Å²) in [5.74, 6) is 0.0451. The third-order valence-electron chi connectivity index (χ3n) is 3.31. The van der Waals surface area contributed by atoms with Gasteiger partial charge < -0.3 is 10.6 Å². The lowest BCUT2D eigenvalue weighted by Gasteiger charge is -2.37. The normalized spacial score (nSPS) is 15.6. The molecule has 2 N–H and O–H groups in total. The molecule has 0 bridgehead atoms. The third kappa shape index (κ3) is 2.66. The Morgan fingerprint density at radius 1 is 1.65 bits per heavy atom. The molecular weight excluding hydrogens is 216 g/mol. The number of nitrogens with two attached hydrogens (primary N) is 1. The molecule has 94 valence electrons. The van der Waals surface area contributed by atoms with Gasteiger partial charge in [0.25, 0.3) is 5.91 Å². The largest absolute Gasteiger partial charge is 0.334 e. The van der Waals surface area contributed by atoms with Crippen LogP contribution >= 0.6 is 0 Å². The quantitative estimate of drug-likeness (QED) is 0.821. The monoisotopic (exact) mass is 236 g/mol. The smallest absolute Gasteiger partial charge is 0.274 e. The van der Waals surface area contributed by atoms with Crippen molar-refractivity contribution in [3.05, 3.63) is 18.0 Å². The maximum Gasteiger partial charge on any atom is 0.274 e. The average molecular weight is 236 g/mol. The first-order chi connectivity index (χ1) is 8.22. The fraction of sp³-hybridized carbons (Fsp3) is 0.667. The lowest BCUT2D eigenvalue weighted by Crippen LogP contribution is -2.45. The van der Waals surface area contributed by atoms with Gasteiger partial charge in [0.05, 0.1) is 0 Å². The van der Waals surface area contributed by atoms with E-state index in [1.54, 1.807) is 16.9 Å². The first-order valence-electron chi connectivity index (χ1n) is 6.23. The summed E-state index contributed by atoms with van der Waals surface area (Å²) in [5, 5.41) is 4.17. The van der Waals surface area contributed by atoms with Crippen LogP contribution in [0.4, 0.5) is 0 Å². The molecule has 1 heterocycles. The summed E-state index contributed by atoms with van der Waals surface area (Å²) in [6.07, 6.45) is 6.11. The van der Waals surface area contributed by atoms with Gasteiger partial charge in [0, 0.05) is 25.8 Å². The summed E-state index contributed by atoms with van der Waals surface area (Å²) in [5.41, 5.74) is 6.06. The number of rotatable bonds is 5. The summed E-state index contributed by atoms with van der Waals surface area (Å²) in [7, 11) is 1.82. The van der Waals surface area contributed by atoms with Crippen LogP contribution in [0.3, 0.4) is 0 Å². The zero-order valence-corrected chi connectivity index (χ0v) is 10.3. The molecule has 1 saturated carbocycles. The maximum atomic E-state index is 12.3. The Kier molecular flexibility index (Phi) is 3.78. The average Bonchev–Trinajstić information content (AvgIpc) is 2.67. The van der Waals surface area contributed by atoms with Crippen molar-refractivity contribution in [2.75, 3.05) is 13.1 Å². The molecule has 2 rings (SSSR count). The highest BCUT2D eigenvalue weighted by Gasteiger charge is 2.29. The summed E-state index contributed by atoms with van der Waals surface area (Å²) in [6, 6.07) is 2.17. The molecule has 1 aliphatic rings. The van der Waals surface area contributed by atoms with Crippen molar-refractivity contribution >= 4 is 5.91 Å². The molecule has 0 radical (unpaired) electrons. The van der Waals surface area contributed by atoms with E-state index in [0.717, 1.165) is 25.8 Å². The molecule has 1 aromatic heterocycles. The van der Waals surface area contributed by atoms with E-state index in [0.29, 0.717) is 18.3 Å². The van der Waals surface area contributed by atoms with Crippen LogP contribution in [0.5, 0.6) is 0 Å². The molecular formula is C12H20N4O. The van der Waals surface area contributed by atoms with E-state index in [1.807, 2.05) is 11.9 Å². The molecule has 0 unspecified atom stereocenters. The Hall–Kier alpha value is -1.36. The van der Waals surface area contributed by atoms with E-state index in [4.69, 9.17) is 5.73 Å². The van der Waals surface area contributed by atoms with Crippen molar-refractivity contribution in [1.29, 1.82) is 0 Å². The highest BCUT2D eigenvalue weighted by Crippen LogP contribution is 2.26. The van der Waals surface area contributed by atoms with Crippen LogP contribution in [0.1, 0.15) is 36.2 Å². The van der Waals surface area contributed by atoms with Crippen LogP contribution in [0.15, 0.2) is 12.3 Å². The van der Waals surface area contributed by atoms with E-state index in [9.17, 15) is 4.79 Å². The van der Waals surface area contributed by atoms with E-state index in [-0.39, 0.29) is 5.91 Å². The predicted molar refractivity (Wildman–Crippen MR) is 65.6 cm³/mol. The molecule has 5 heteroatoms. The predicted octanol–water partition coefficient (Wildman–Crippen LogP) is 0.764. The van der Waals surface area contributed by atoms with Gasteiger partial charge in [-0.05, 0) is 38.3 Å². The van der Waals surface area contributed by atoms with Crippen molar-refractivity contribution in [2.24, 2.45) is 12.8 Å². The maximum absolute atomic E-state index is 12.3. The number of hydrogen-bond donors (Lipinski definition) is 1. The highest BCUT2D eigenvalue weighted by molar-refractivity contribution is 5.92. The van der Waals surface area contributed by atoms with Crippen LogP contribution in [-0.2, 0) is 7.05 Å². The van der Waals surface area contributed by atoms with Crippen LogP contribution in [0.25, 0.3) is 0 Å². The van der Waals surface area contributed by atoms with Crippen LogP contribution in [0, 0.1) is 0 Å². The van der Waals surface area contributed by atoms with Crippen LogP contribution < -0.4 is 5.73 Å². The number of hydrogen-bond acceptors (Lipinski definition) is 3. The molecule has 1 fully saturated rings. The van der Waals surface area contributed by atoms with Crippen molar-refractivity contribution in [2.45, 2.75) is 31.7 Å². The van der Waals surface area contributed by atoms with Crippen LogP contribution in [-0.4, -0.2) is 39.7 Å². The minimum Gasteiger partial charge on any atom is -0.334 e. The van der Waals surface area contributed by atoms with E-state index in [1.165, 1.54) is 6.42 Å². The molecule has 1 aromatic rings. The Balaban J connectivity index is 2.06. The van der Waals surface area contributed by atoms with Crippen molar-refractivity contribution in [3.8, 4) is 0 Å². The van der Waals surface area contributed by atoms with Gasteiger partial charge in [-0.3, -0.25) is 9.48 Å². The molecule has 1 amide bonds. The number of aryl methyl sites for hydroxylation is 1. The number of amides is 1. The van der Waals surface area contributed by atoms with E-state index >= 15 is 0 Å². The molecule has 1 aliphatic carbocycles. The molecule has 17 heavy (non-hydrogen) atoms. The first-order valence-corrected chi connectivity index (χ1v) is 6.23. The van der Waals surface area contributed by atoms with Gasteiger partial charge in [-0.15, -0.1) is 0 Å². The van der Waals surface area contributed by atoms with Gasteiger partial charge in [-0.25, -0.2) is 0 Å². The molecule has 0 aliphatic heterocycles.